The summed E-state index contributed by atoms with van der Waals surface area (Å²) in [4.78, 5) is 0. The van der Waals surface area contributed by atoms with Crippen molar-refractivity contribution < 1.29 is 10.2 Å². The van der Waals surface area contributed by atoms with E-state index in [9.17, 15) is 10.2 Å². The van der Waals surface area contributed by atoms with Crippen molar-refractivity contribution in [1.82, 2.24) is 0 Å². The molecule has 88 valence electrons. The lowest BCUT2D eigenvalue weighted by atomic mass is 10.0. The summed E-state index contributed by atoms with van der Waals surface area (Å²) in [5, 5.41) is 26.5. The van der Waals surface area contributed by atoms with Crippen LogP contribution in [0.2, 0.25) is 0 Å². The SMILES string of the molecule is N=C(N)c1ccc(C(O)C(O)CCN)cc1. The minimum absolute atomic E-state index is 0.0245. The molecule has 1 aromatic rings. The fraction of sp³-hybridized carbons (Fsp3) is 0.364. The molecular formula is C11H17N3O2. The van der Waals surface area contributed by atoms with Crippen LogP contribution in [0, 0.1) is 5.41 Å². The molecule has 0 aliphatic heterocycles. The van der Waals surface area contributed by atoms with E-state index in [0.29, 0.717) is 24.1 Å². The van der Waals surface area contributed by atoms with Gasteiger partial charge in [0.2, 0.25) is 0 Å². The Morgan fingerprint density at radius 1 is 1.25 bits per heavy atom. The average Bonchev–Trinajstić information content (AvgIpc) is 2.28. The normalized spacial score (nSPS) is 14.4. The molecule has 0 amide bonds. The zero-order valence-electron chi connectivity index (χ0n) is 8.93. The molecule has 1 aromatic carbocycles. The fourth-order valence-electron chi connectivity index (χ4n) is 1.41. The Morgan fingerprint density at radius 3 is 2.25 bits per heavy atom. The van der Waals surface area contributed by atoms with Gasteiger partial charge in [0.1, 0.15) is 11.9 Å². The second-order valence-corrected chi connectivity index (χ2v) is 3.63. The summed E-state index contributed by atoms with van der Waals surface area (Å²) < 4.78 is 0. The maximum Gasteiger partial charge on any atom is 0.122 e. The first-order chi connectivity index (χ1) is 7.56. The number of amidine groups is 1. The maximum atomic E-state index is 9.76. The molecule has 16 heavy (non-hydrogen) atoms. The smallest absolute Gasteiger partial charge is 0.122 e. The van der Waals surface area contributed by atoms with Gasteiger partial charge < -0.3 is 21.7 Å². The van der Waals surface area contributed by atoms with E-state index in [0.717, 1.165) is 0 Å². The van der Waals surface area contributed by atoms with Gasteiger partial charge in [-0.25, -0.2) is 0 Å². The van der Waals surface area contributed by atoms with Crippen LogP contribution in [-0.2, 0) is 0 Å². The number of nitrogen functional groups attached to an aromatic ring is 1. The molecule has 0 aromatic heterocycles. The average molecular weight is 223 g/mol. The Morgan fingerprint density at radius 2 is 1.81 bits per heavy atom. The fourth-order valence-corrected chi connectivity index (χ4v) is 1.41. The largest absolute Gasteiger partial charge is 0.390 e. The van der Waals surface area contributed by atoms with Crippen LogP contribution in [0.5, 0.6) is 0 Å². The highest BCUT2D eigenvalue weighted by Crippen LogP contribution is 2.18. The van der Waals surface area contributed by atoms with Crippen molar-refractivity contribution in [3.05, 3.63) is 35.4 Å². The molecule has 0 aliphatic carbocycles. The van der Waals surface area contributed by atoms with Gasteiger partial charge in [0.05, 0.1) is 6.10 Å². The molecule has 0 saturated carbocycles. The van der Waals surface area contributed by atoms with E-state index in [4.69, 9.17) is 16.9 Å². The lowest BCUT2D eigenvalue weighted by molar-refractivity contribution is 0.0150. The molecule has 0 radical (unpaired) electrons. The first-order valence-electron chi connectivity index (χ1n) is 5.06. The highest BCUT2D eigenvalue weighted by Gasteiger charge is 2.17. The number of hydrogen-bond donors (Lipinski definition) is 5. The van der Waals surface area contributed by atoms with Gasteiger partial charge >= 0.3 is 0 Å². The van der Waals surface area contributed by atoms with Crippen molar-refractivity contribution in [3.63, 3.8) is 0 Å². The minimum atomic E-state index is -0.954. The third-order valence-corrected chi connectivity index (χ3v) is 2.39. The van der Waals surface area contributed by atoms with Gasteiger partial charge in [0.15, 0.2) is 0 Å². The van der Waals surface area contributed by atoms with E-state index in [-0.39, 0.29) is 5.84 Å². The van der Waals surface area contributed by atoms with E-state index in [1.165, 1.54) is 0 Å². The Bertz CT molecular complexity index is 351. The molecule has 7 N–H and O–H groups in total. The zero-order valence-corrected chi connectivity index (χ0v) is 8.93. The Labute approximate surface area is 94.2 Å². The maximum absolute atomic E-state index is 9.76. The second-order valence-electron chi connectivity index (χ2n) is 3.63. The molecule has 0 heterocycles. The van der Waals surface area contributed by atoms with Crippen LogP contribution >= 0.6 is 0 Å². The van der Waals surface area contributed by atoms with Crippen LogP contribution in [0.15, 0.2) is 24.3 Å². The van der Waals surface area contributed by atoms with E-state index >= 15 is 0 Å². The predicted molar refractivity (Wildman–Crippen MR) is 62.1 cm³/mol. The summed E-state index contributed by atoms with van der Waals surface area (Å²) in [7, 11) is 0. The molecule has 0 fully saturated rings. The predicted octanol–water partition coefficient (Wildman–Crippen LogP) is -0.286. The van der Waals surface area contributed by atoms with Gasteiger partial charge in [0.25, 0.3) is 0 Å². The molecule has 2 atom stereocenters. The van der Waals surface area contributed by atoms with Gasteiger partial charge in [-0.1, -0.05) is 24.3 Å². The van der Waals surface area contributed by atoms with Crippen molar-refractivity contribution in [2.45, 2.75) is 18.6 Å². The zero-order chi connectivity index (χ0) is 12.1. The monoisotopic (exact) mass is 223 g/mol. The number of aliphatic hydroxyl groups excluding tert-OH is 2. The minimum Gasteiger partial charge on any atom is -0.390 e. The van der Waals surface area contributed by atoms with Crippen molar-refractivity contribution in [2.75, 3.05) is 6.54 Å². The van der Waals surface area contributed by atoms with Crippen LogP contribution in [0.25, 0.3) is 0 Å². The molecule has 0 saturated heterocycles. The van der Waals surface area contributed by atoms with Crippen molar-refractivity contribution in [2.24, 2.45) is 11.5 Å². The number of aliphatic hydroxyl groups is 2. The standard InChI is InChI=1S/C11H17N3O2/c12-6-5-9(15)10(16)7-1-3-8(4-2-7)11(13)14/h1-4,9-10,15-16H,5-6,12H2,(H3,13,14). The molecule has 0 bridgehead atoms. The number of rotatable bonds is 5. The number of benzene rings is 1. The van der Waals surface area contributed by atoms with E-state index in [1.54, 1.807) is 24.3 Å². The van der Waals surface area contributed by atoms with Gasteiger partial charge in [-0.3, -0.25) is 5.41 Å². The Kier molecular flexibility index (Phi) is 4.42. The van der Waals surface area contributed by atoms with E-state index in [1.807, 2.05) is 0 Å². The first kappa shape index (κ1) is 12.6. The third kappa shape index (κ3) is 3.03. The topological polar surface area (TPSA) is 116 Å². The van der Waals surface area contributed by atoms with Crippen LogP contribution in [-0.4, -0.2) is 28.7 Å². The lowest BCUT2D eigenvalue weighted by Gasteiger charge is -2.17. The molecule has 2 unspecified atom stereocenters. The van der Waals surface area contributed by atoms with Gasteiger partial charge in [-0.2, -0.15) is 0 Å². The summed E-state index contributed by atoms with van der Waals surface area (Å²) in [5.74, 6) is -0.0245. The van der Waals surface area contributed by atoms with E-state index in [2.05, 4.69) is 0 Å². The lowest BCUT2D eigenvalue weighted by Crippen LogP contribution is -2.22. The Balaban J connectivity index is 2.77. The number of nitrogens with one attached hydrogen (secondary N) is 1. The number of nitrogens with two attached hydrogens (primary N) is 2. The molecule has 0 spiro atoms. The van der Waals surface area contributed by atoms with Crippen molar-refractivity contribution in [1.29, 1.82) is 5.41 Å². The van der Waals surface area contributed by atoms with Crippen LogP contribution in [0.4, 0.5) is 0 Å². The van der Waals surface area contributed by atoms with E-state index < -0.39 is 12.2 Å². The molecule has 0 aliphatic rings. The summed E-state index contributed by atoms with van der Waals surface area (Å²) in [6.07, 6.45) is -1.48. The third-order valence-electron chi connectivity index (χ3n) is 2.39. The van der Waals surface area contributed by atoms with Gasteiger partial charge in [0, 0.05) is 5.56 Å². The van der Waals surface area contributed by atoms with Crippen LogP contribution in [0.1, 0.15) is 23.7 Å². The van der Waals surface area contributed by atoms with Gasteiger partial charge in [-0.15, -0.1) is 0 Å². The highest BCUT2D eigenvalue weighted by atomic mass is 16.3. The van der Waals surface area contributed by atoms with Crippen LogP contribution in [0.3, 0.4) is 0 Å². The molecule has 1 rings (SSSR count). The van der Waals surface area contributed by atoms with Crippen molar-refractivity contribution >= 4 is 5.84 Å². The molecule has 5 heteroatoms. The summed E-state index contributed by atoms with van der Waals surface area (Å²) in [6.45, 7) is 0.323. The number of hydrogen-bond acceptors (Lipinski definition) is 4. The van der Waals surface area contributed by atoms with Gasteiger partial charge in [-0.05, 0) is 18.5 Å². The van der Waals surface area contributed by atoms with Crippen molar-refractivity contribution in [3.8, 4) is 0 Å². The highest BCUT2D eigenvalue weighted by molar-refractivity contribution is 5.94. The Hall–Kier alpha value is -1.43. The summed E-state index contributed by atoms with van der Waals surface area (Å²) in [5.41, 5.74) is 11.8. The first-order valence-corrected chi connectivity index (χ1v) is 5.06. The molecule has 5 nitrogen and oxygen atoms in total. The summed E-state index contributed by atoms with van der Waals surface area (Å²) >= 11 is 0. The second kappa shape index (κ2) is 5.60. The molecular weight excluding hydrogens is 206 g/mol. The quantitative estimate of drug-likeness (QED) is 0.348. The van der Waals surface area contributed by atoms with Crippen LogP contribution < -0.4 is 11.5 Å². The summed E-state index contributed by atoms with van der Waals surface area (Å²) in [6, 6.07) is 6.55.